The molecule has 0 atom stereocenters. The molecule has 0 unspecified atom stereocenters. The molecule has 0 saturated carbocycles. The number of ether oxygens (including phenoxy) is 1. The first-order valence-electron chi connectivity index (χ1n) is 8.80. The molecule has 4 rings (SSSR count). The van der Waals surface area contributed by atoms with Gasteiger partial charge in [-0.25, -0.2) is 4.79 Å². The van der Waals surface area contributed by atoms with Crippen molar-refractivity contribution in [3.63, 3.8) is 0 Å². The van der Waals surface area contributed by atoms with E-state index in [1.54, 1.807) is 0 Å². The maximum absolute atomic E-state index is 12.6. The monoisotopic (exact) mass is 353 g/mol. The summed E-state index contributed by atoms with van der Waals surface area (Å²) in [5.74, 6) is -0.347. The molecule has 132 valence electrons. The van der Waals surface area contributed by atoms with Gasteiger partial charge in [-0.1, -0.05) is 78.9 Å². The topological polar surface area (TPSA) is 31.2 Å². The number of benzene rings is 3. The number of carbonyl (C=O) groups is 1. The fraction of sp³-hybridized carbons (Fsp3) is 0.0417. The molecule has 0 radical (unpaired) electrons. The number of hydrogen-bond acceptors (Lipinski definition) is 2. The quantitative estimate of drug-likeness (QED) is 0.447. The number of rotatable bonds is 4. The van der Waals surface area contributed by atoms with E-state index in [0.717, 1.165) is 28.2 Å². The summed E-state index contributed by atoms with van der Waals surface area (Å²) in [5, 5.41) is 0. The summed E-state index contributed by atoms with van der Waals surface area (Å²) < 4.78 is 7.21. The number of aromatic nitrogens is 1. The molecule has 1 heterocycles. The summed E-state index contributed by atoms with van der Waals surface area (Å²) in [6.07, 6.45) is 0. The van der Waals surface area contributed by atoms with Gasteiger partial charge >= 0.3 is 5.97 Å². The first-order valence-corrected chi connectivity index (χ1v) is 8.80. The van der Waals surface area contributed by atoms with E-state index >= 15 is 0 Å². The lowest BCUT2D eigenvalue weighted by Crippen LogP contribution is -2.05. The largest absolute Gasteiger partial charge is 0.465 e. The molecule has 0 amide bonds. The summed E-state index contributed by atoms with van der Waals surface area (Å²) in [4.78, 5) is 12.6. The molecule has 0 aliphatic carbocycles. The smallest absolute Gasteiger partial charge is 0.340 e. The number of carbonyl (C=O) groups excluding carboxylic acids is 1. The Morgan fingerprint density at radius 3 is 1.81 bits per heavy atom. The third-order valence-electron chi connectivity index (χ3n) is 4.54. The van der Waals surface area contributed by atoms with Gasteiger partial charge in [0.2, 0.25) is 0 Å². The van der Waals surface area contributed by atoms with Gasteiger partial charge in [0.15, 0.2) is 0 Å². The van der Waals surface area contributed by atoms with Crippen LogP contribution in [0.15, 0.2) is 97.1 Å². The van der Waals surface area contributed by atoms with E-state index in [4.69, 9.17) is 4.74 Å². The fourth-order valence-electron chi connectivity index (χ4n) is 3.32. The van der Waals surface area contributed by atoms with E-state index in [1.165, 1.54) is 7.11 Å². The summed E-state index contributed by atoms with van der Waals surface area (Å²) in [6.45, 7) is 0. The van der Waals surface area contributed by atoms with E-state index < -0.39 is 0 Å². The maximum Gasteiger partial charge on any atom is 0.340 e. The van der Waals surface area contributed by atoms with E-state index in [9.17, 15) is 4.79 Å². The van der Waals surface area contributed by atoms with Gasteiger partial charge in [-0.15, -0.1) is 0 Å². The molecule has 0 spiro atoms. The van der Waals surface area contributed by atoms with Crippen molar-refractivity contribution in [1.82, 2.24) is 4.57 Å². The fourth-order valence-corrected chi connectivity index (χ4v) is 3.32. The molecule has 3 nitrogen and oxygen atoms in total. The minimum Gasteiger partial charge on any atom is -0.465 e. The molecule has 0 aliphatic heterocycles. The minimum atomic E-state index is -0.347. The van der Waals surface area contributed by atoms with Crippen LogP contribution in [-0.2, 0) is 4.74 Å². The first-order chi connectivity index (χ1) is 13.3. The molecule has 0 fully saturated rings. The van der Waals surface area contributed by atoms with E-state index in [2.05, 4.69) is 4.57 Å². The molecule has 3 heteroatoms. The van der Waals surface area contributed by atoms with Crippen molar-refractivity contribution in [3.8, 4) is 28.2 Å². The summed E-state index contributed by atoms with van der Waals surface area (Å²) in [7, 11) is 1.42. The van der Waals surface area contributed by atoms with Gasteiger partial charge in [-0.2, -0.15) is 0 Å². The van der Waals surface area contributed by atoms with Crippen LogP contribution in [-0.4, -0.2) is 17.6 Å². The number of methoxy groups -OCH3 is 1. The third kappa shape index (κ3) is 3.15. The van der Waals surface area contributed by atoms with Crippen LogP contribution < -0.4 is 0 Å². The Labute approximate surface area is 158 Å². The van der Waals surface area contributed by atoms with Gasteiger partial charge in [0.05, 0.1) is 24.1 Å². The Morgan fingerprint density at radius 2 is 1.26 bits per heavy atom. The van der Waals surface area contributed by atoms with Crippen LogP contribution in [0, 0.1) is 0 Å². The Morgan fingerprint density at radius 1 is 0.741 bits per heavy atom. The van der Waals surface area contributed by atoms with Crippen molar-refractivity contribution < 1.29 is 9.53 Å². The van der Waals surface area contributed by atoms with Crippen molar-refractivity contribution in [1.29, 1.82) is 0 Å². The molecular formula is C24H19NO2. The van der Waals surface area contributed by atoms with E-state index in [1.807, 2.05) is 97.1 Å². The molecule has 27 heavy (non-hydrogen) atoms. The molecular weight excluding hydrogens is 334 g/mol. The van der Waals surface area contributed by atoms with Crippen molar-refractivity contribution in [2.75, 3.05) is 7.11 Å². The maximum atomic E-state index is 12.6. The lowest BCUT2D eigenvalue weighted by atomic mass is 10.1. The van der Waals surface area contributed by atoms with E-state index in [0.29, 0.717) is 5.56 Å². The Kier molecular flexibility index (Phi) is 4.58. The molecule has 0 N–H and O–H groups in total. The van der Waals surface area contributed by atoms with Crippen LogP contribution in [0.5, 0.6) is 0 Å². The highest BCUT2D eigenvalue weighted by molar-refractivity contribution is 5.99. The third-order valence-corrected chi connectivity index (χ3v) is 4.54. The van der Waals surface area contributed by atoms with Gasteiger partial charge in [-0.3, -0.25) is 0 Å². The van der Waals surface area contributed by atoms with Crippen LogP contribution in [0.1, 0.15) is 10.4 Å². The number of esters is 1. The van der Waals surface area contributed by atoms with Gasteiger partial charge in [-0.05, 0) is 29.3 Å². The highest BCUT2D eigenvalue weighted by Gasteiger charge is 2.23. The van der Waals surface area contributed by atoms with Crippen LogP contribution in [0.3, 0.4) is 0 Å². The second-order valence-electron chi connectivity index (χ2n) is 6.19. The standard InChI is InChI=1S/C24H19NO2/c1-27-24(26)21-17-22(18-11-5-2-6-12-18)25(20-15-9-4-10-16-20)23(21)19-13-7-3-8-14-19/h2-17H,1H3. The second kappa shape index (κ2) is 7.34. The lowest BCUT2D eigenvalue weighted by molar-refractivity contribution is 0.0602. The molecule has 0 aliphatic rings. The molecule has 1 aromatic heterocycles. The Hall–Kier alpha value is -3.59. The number of nitrogens with zero attached hydrogens (tertiary/aromatic N) is 1. The van der Waals surface area contributed by atoms with Crippen molar-refractivity contribution in [2.24, 2.45) is 0 Å². The predicted molar refractivity (Wildman–Crippen MR) is 108 cm³/mol. The number of para-hydroxylation sites is 1. The zero-order valence-corrected chi connectivity index (χ0v) is 15.0. The normalized spacial score (nSPS) is 10.6. The Balaban J connectivity index is 2.09. The number of hydrogen-bond donors (Lipinski definition) is 0. The summed E-state index contributed by atoms with van der Waals surface area (Å²) in [6, 6.07) is 32.0. The lowest BCUT2D eigenvalue weighted by Gasteiger charge is -2.15. The van der Waals surface area contributed by atoms with Gasteiger partial charge in [0.25, 0.3) is 0 Å². The van der Waals surface area contributed by atoms with E-state index in [-0.39, 0.29) is 5.97 Å². The van der Waals surface area contributed by atoms with Crippen molar-refractivity contribution in [2.45, 2.75) is 0 Å². The molecule has 3 aromatic carbocycles. The zero-order valence-electron chi connectivity index (χ0n) is 15.0. The second-order valence-corrected chi connectivity index (χ2v) is 6.19. The average Bonchev–Trinajstić information content (AvgIpc) is 3.16. The van der Waals surface area contributed by atoms with Crippen LogP contribution >= 0.6 is 0 Å². The minimum absolute atomic E-state index is 0.347. The molecule has 0 saturated heterocycles. The van der Waals surface area contributed by atoms with Gasteiger partial charge < -0.3 is 9.30 Å². The van der Waals surface area contributed by atoms with Gasteiger partial charge in [0.1, 0.15) is 0 Å². The summed E-state index contributed by atoms with van der Waals surface area (Å²) >= 11 is 0. The van der Waals surface area contributed by atoms with Crippen molar-refractivity contribution >= 4 is 5.97 Å². The van der Waals surface area contributed by atoms with Crippen LogP contribution in [0.2, 0.25) is 0 Å². The molecule has 4 aromatic rings. The average molecular weight is 353 g/mol. The predicted octanol–water partition coefficient (Wildman–Crippen LogP) is 5.60. The van der Waals surface area contributed by atoms with Crippen LogP contribution in [0.25, 0.3) is 28.2 Å². The summed E-state index contributed by atoms with van der Waals surface area (Å²) in [5.41, 5.74) is 5.31. The van der Waals surface area contributed by atoms with Gasteiger partial charge in [0, 0.05) is 5.69 Å². The highest BCUT2D eigenvalue weighted by atomic mass is 16.5. The Bertz CT molecular complexity index is 1050. The zero-order chi connectivity index (χ0) is 18.6. The van der Waals surface area contributed by atoms with Crippen LogP contribution in [0.4, 0.5) is 0 Å². The highest BCUT2D eigenvalue weighted by Crippen LogP contribution is 2.36. The van der Waals surface area contributed by atoms with Crippen molar-refractivity contribution in [3.05, 3.63) is 103 Å². The SMILES string of the molecule is COC(=O)c1cc(-c2ccccc2)n(-c2ccccc2)c1-c1ccccc1. The first kappa shape index (κ1) is 16.9. The molecule has 0 bridgehead atoms.